The molecular formula is C26H37N3O5S. The number of rotatable bonds is 13. The van der Waals surface area contributed by atoms with Gasteiger partial charge in [-0.1, -0.05) is 55.8 Å². The first-order valence-electron chi connectivity index (χ1n) is 11.9. The monoisotopic (exact) mass is 503 g/mol. The SMILES string of the molecule is CCCNC(=O)[C@H](CC)N(Cc1cccc(C)c1)C(=O)CN(c1ccccc1OCC)S(C)(=O)=O. The fourth-order valence-electron chi connectivity index (χ4n) is 3.83. The van der Waals surface area contributed by atoms with Gasteiger partial charge in [-0.3, -0.25) is 13.9 Å². The van der Waals surface area contributed by atoms with Crippen LogP contribution in [0.5, 0.6) is 5.75 Å². The second kappa shape index (κ2) is 13.1. The molecule has 2 aromatic carbocycles. The van der Waals surface area contributed by atoms with Gasteiger partial charge in [0, 0.05) is 13.1 Å². The van der Waals surface area contributed by atoms with Crippen LogP contribution in [-0.4, -0.2) is 57.1 Å². The van der Waals surface area contributed by atoms with Gasteiger partial charge in [0.1, 0.15) is 18.3 Å². The van der Waals surface area contributed by atoms with Crippen molar-refractivity contribution in [2.45, 2.75) is 53.1 Å². The zero-order valence-corrected chi connectivity index (χ0v) is 22.1. The molecule has 9 heteroatoms. The van der Waals surface area contributed by atoms with Gasteiger partial charge in [0.25, 0.3) is 0 Å². The van der Waals surface area contributed by atoms with Crippen LogP contribution in [0.15, 0.2) is 48.5 Å². The molecule has 0 heterocycles. The van der Waals surface area contributed by atoms with Crippen LogP contribution in [0.1, 0.15) is 44.7 Å². The second-order valence-electron chi connectivity index (χ2n) is 8.40. The number of nitrogens with one attached hydrogen (secondary N) is 1. The van der Waals surface area contributed by atoms with Crippen LogP contribution in [0.3, 0.4) is 0 Å². The van der Waals surface area contributed by atoms with Gasteiger partial charge in [-0.15, -0.1) is 0 Å². The molecule has 0 aliphatic rings. The molecular weight excluding hydrogens is 466 g/mol. The number of ether oxygens (including phenoxy) is 1. The summed E-state index contributed by atoms with van der Waals surface area (Å²) in [6.07, 6.45) is 2.21. The summed E-state index contributed by atoms with van der Waals surface area (Å²) >= 11 is 0. The van der Waals surface area contributed by atoms with E-state index in [0.29, 0.717) is 25.3 Å². The largest absolute Gasteiger partial charge is 0.492 e. The van der Waals surface area contributed by atoms with Crippen molar-refractivity contribution < 1.29 is 22.7 Å². The summed E-state index contributed by atoms with van der Waals surface area (Å²) in [5.41, 5.74) is 2.17. The molecule has 0 spiro atoms. The summed E-state index contributed by atoms with van der Waals surface area (Å²) in [6.45, 7) is 8.13. The maximum atomic E-state index is 13.7. The van der Waals surface area contributed by atoms with E-state index >= 15 is 0 Å². The summed E-state index contributed by atoms with van der Waals surface area (Å²) in [4.78, 5) is 28.2. The van der Waals surface area contributed by atoms with E-state index < -0.39 is 28.5 Å². The molecule has 0 fully saturated rings. The van der Waals surface area contributed by atoms with Crippen molar-refractivity contribution in [2.75, 3.05) is 30.3 Å². The van der Waals surface area contributed by atoms with Crippen molar-refractivity contribution in [3.63, 3.8) is 0 Å². The Bertz CT molecular complexity index is 1100. The highest BCUT2D eigenvalue weighted by Crippen LogP contribution is 2.30. The van der Waals surface area contributed by atoms with E-state index in [1.54, 1.807) is 31.2 Å². The van der Waals surface area contributed by atoms with Crippen molar-refractivity contribution in [3.8, 4) is 5.75 Å². The Morgan fingerprint density at radius 3 is 2.37 bits per heavy atom. The zero-order valence-electron chi connectivity index (χ0n) is 21.3. The average Bonchev–Trinajstić information content (AvgIpc) is 2.81. The fraction of sp³-hybridized carbons (Fsp3) is 0.462. The summed E-state index contributed by atoms with van der Waals surface area (Å²) in [6, 6.07) is 13.7. The Labute approximate surface area is 209 Å². The normalized spacial score (nSPS) is 12.0. The van der Waals surface area contributed by atoms with Gasteiger partial charge in [-0.05, 0) is 44.4 Å². The molecule has 0 saturated heterocycles. The first-order chi connectivity index (χ1) is 16.6. The molecule has 2 rings (SSSR count). The Balaban J connectivity index is 2.47. The molecule has 0 aliphatic heterocycles. The maximum Gasteiger partial charge on any atom is 0.244 e. The fourth-order valence-corrected chi connectivity index (χ4v) is 4.68. The van der Waals surface area contributed by atoms with Crippen molar-refractivity contribution in [3.05, 3.63) is 59.7 Å². The van der Waals surface area contributed by atoms with E-state index in [-0.39, 0.29) is 18.1 Å². The van der Waals surface area contributed by atoms with E-state index in [1.807, 2.05) is 45.0 Å². The number of anilines is 1. The minimum atomic E-state index is -3.83. The average molecular weight is 504 g/mol. The lowest BCUT2D eigenvalue weighted by Gasteiger charge is -2.33. The van der Waals surface area contributed by atoms with E-state index in [1.165, 1.54) is 4.90 Å². The van der Waals surface area contributed by atoms with Crippen molar-refractivity contribution in [1.29, 1.82) is 0 Å². The first kappa shape index (κ1) is 28.2. The van der Waals surface area contributed by atoms with Gasteiger partial charge in [-0.2, -0.15) is 0 Å². The Hall–Kier alpha value is -3.07. The van der Waals surface area contributed by atoms with Crippen LogP contribution in [0, 0.1) is 6.92 Å². The third kappa shape index (κ3) is 7.99. The lowest BCUT2D eigenvalue weighted by atomic mass is 10.1. The lowest BCUT2D eigenvalue weighted by Crippen LogP contribution is -2.52. The molecule has 1 atom stereocenters. The van der Waals surface area contributed by atoms with E-state index in [4.69, 9.17) is 4.74 Å². The van der Waals surface area contributed by atoms with E-state index in [9.17, 15) is 18.0 Å². The summed E-state index contributed by atoms with van der Waals surface area (Å²) < 4.78 is 32.2. The Morgan fingerprint density at radius 2 is 1.77 bits per heavy atom. The van der Waals surface area contributed by atoms with Gasteiger partial charge in [0.05, 0.1) is 18.6 Å². The van der Waals surface area contributed by atoms with Crippen LogP contribution >= 0.6 is 0 Å². The van der Waals surface area contributed by atoms with Gasteiger partial charge in [0.2, 0.25) is 21.8 Å². The topological polar surface area (TPSA) is 96.0 Å². The molecule has 1 N–H and O–H groups in total. The van der Waals surface area contributed by atoms with Crippen LogP contribution in [0.25, 0.3) is 0 Å². The molecule has 2 amide bonds. The second-order valence-corrected chi connectivity index (χ2v) is 10.3. The van der Waals surface area contributed by atoms with Crippen molar-refractivity contribution >= 4 is 27.5 Å². The first-order valence-corrected chi connectivity index (χ1v) is 13.8. The zero-order chi connectivity index (χ0) is 26.0. The number of hydrogen-bond donors (Lipinski definition) is 1. The van der Waals surface area contributed by atoms with Gasteiger partial charge in [-0.25, -0.2) is 8.42 Å². The molecule has 0 aromatic heterocycles. The molecule has 35 heavy (non-hydrogen) atoms. The quantitative estimate of drug-likeness (QED) is 0.451. The molecule has 0 saturated carbocycles. The number of amides is 2. The van der Waals surface area contributed by atoms with Crippen molar-refractivity contribution in [1.82, 2.24) is 10.2 Å². The molecule has 2 aromatic rings. The minimum absolute atomic E-state index is 0.184. The van der Waals surface area contributed by atoms with Gasteiger partial charge >= 0.3 is 0 Å². The molecule has 8 nitrogen and oxygen atoms in total. The van der Waals surface area contributed by atoms with E-state index in [2.05, 4.69) is 5.32 Å². The Kier molecular flexibility index (Phi) is 10.6. The number of benzene rings is 2. The minimum Gasteiger partial charge on any atom is -0.492 e. The van der Waals surface area contributed by atoms with Gasteiger partial charge < -0.3 is 15.0 Å². The van der Waals surface area contributed by atoms with Crippen LogP contribution in [-0.2, 0) is 26.2 Å². The molecule has 192 valence electrons. The molecule has 0 bridgehead atoms. The van der Waals surface area contributed by atoms with Crippen LogP contribution < -0.4 is 14.4 Å². The predicted octanol–water partition coefficient (Wildman–Crippen LogP) is 3.49. The molecule has 0 unspecified atom stereocenters. The predicted molar refractivity (Wildman–Crippen MR) is 139 cm³/mol. The highest BCUT2D eigenvalue weighted by atomic mass is 32.2. The number of carbonyl (C=O) groups is 2. The van der Waals surface area contributed by atoms with Crippen molar-refractivity contribution in [2.24, 2.45) is 0 Å². The number of nitrogens with zero attached hydrogens (tertiary/aromatic N) is 2. The van der Waals surface area contributed by atoms with Crippen LogP contribution in [0.2, 0.25) is 0 Å². The number of hydrogen-bond acceptors (Lipinski definition) is 5. The number of aryl methyl sites for hydroxylation is 1. The Morgan fingerprint density at radius 1 is 1.06 bits per heavy atom. The standard InChI is InChI=1S/C26H37N3O5S/c1-6-16-27-26(31)22(7-2)28(18-21-13-11-12-20(4)17-21)25(30)19-29(35(5,32)33)23-14-9-10-15-24(23)34-8-3/h9-15,17,22H,6-8,16,18-19H2,1-5H3,(H,27,31)/t22-/m0/s1. The molecule has 0 aliphatic carbocycles. The number of sulfonamides is 1. The molecule has 0 radical (unpaired) electrons. The summed E-state index contributed by atoms with van der Waals surface area (Å²) in [7, 11) is -3.83. The highest BCUT2D eigenvalue weighted by Gasteiger charge is 2.32. The summed E-state index contributed by atoms with van der Waals surface area (Å²) in [5.74, 6) is -0.358. The van der Waals surface area contributed by atoms with E-state index in [0.717, 1.165) is 28.1 Å². The maximum absolute atomic E-state index is 13.7. The van der Waals surface area contributed by atoms with Gasteiger partial charge in [0.15, 0.2) is 0 Å². The number of carbonyl (C=O) groups excluding carboxylic acids is 2. The third-order valence-corrected chi connectivity index (χ3v) is 6.61. The lowest BCUT2D eigenvalue weighted by molar-refractivity contribution is -0.140. The number of para-hydroxylation sites is 2. The smallest absolute Gasteiger partial charge is 0.244 e. The third-order valence-electron chi connectivity index (χ3n) is 5.48. The highest BCUT2D eigenvalue weighted by molar-refractivity contribution is 7.92. The summed E-state index contributed by atoms with van der Waals surface area (Å²) in [5, 5.41) is 2.87. The van der Waals surface area contributed by atoms with Crippen LogP contribution in [0.4, 0.5) is 5.69 Å².